The first-order chi connectivity index (χ1) is 33.5. The molecule has 0 fully saturated rings. The van der Waals surface area contributed by atoms with Crippen LogP contribution in [0.2, 0.25) is 0 Å². The van der Waals surface area contributed by atoms with Gasteiger partial charge in [-0.1, -0.05) is 296 Å². The van der Waals surface area contributed by atoms with Crippen LogP contribution < -0.4 is 0 Å². The van der Waals surface area contributed by atoms with Crippen LogP contribution in [0.15, 0.2) is 12.2 Å². The first-order valence-corrected chi connectivity index (χ1v) is 30.7. The fraction of sp³-hybridized carbons (Fsp3) is 0.919. The van der Waals surface area contributed by atoms with Gasteiger partial charge in [0.1, 0.15) is 13.2 Å². The number of ether oxygens (including phenoxy) is 3. The number of carbonyl (C=O) groups excluding carboxylic acids is 3. The molecule has 6 nitrogen and oxygen atoms in total. The predicted octanol–water partition coefficient (Wildman–Crippen LogP) is 20.5. The number of unbranched alkanes of at least 4 members (excludes halogenated alkanes) is 44. The van der Waals surface area contributed by atoms with Crippen LogP contribution in [0, 0.1) is 0 Å². The van der Waals surface area contributed by atoms with Gasteiger partial charge in [-0.2, -0.15) is 0 Å². The van der Waals surface area contributed by atoms with Gasteiger partial charge in [-0.25, -0.2) is 0 Å². The van der Waals surface area contributed by atoms with Crippen LogP contribution >= 0.6 is 0 Å². The van der Waals surface area contributed by atoms with Crippen LogP contribution in [0.25, 0.3) is 0 Å². The lowest BCUT2D eigenvalue weighted by atomic mass is 10.0. The minimum Gasteiger partial charge on any atom is -0.462 e. The summed E-state index contributed by atoms with van der Waals surface area (Å²) in [6, 6.07) is 0. The highest BCUT2D eigenvalue weighted by atomic mass is 16.6. The normalized spacial score (nSPS) is 12.0. The zero-order valence-electron chi connectivity index (χ0n) is 46.2. The van der Waals surface area contributed by atoms with Gasteiger partial charge in [0, 0.05) is 19.3 Å². The van der Waals surface area contributed by atoms with Gasteiger partial charge < -0.3 is 14.2 Å². The molecule has 0 saturated heterocycles. The molecule has 1 unspecified atom stereocenters. The maximum Gasteiger partial charge on any atom is 0.306 e. The quantitative estimate of drug-likeness (QED) is 0.0262. The van der Waals surface area contributed by atoms with Crippen molar-refractivity contribution in [1.29, 1.82) is 0 Å². The maximum absolute atomic E-state index is 12.8. The second kappa shape index (κ2) is 57.7. The number of rotatable bonds is 57. The fourth-order valence-electron chi connectivity index (χ4n) is 9.38. The lowest BCUT2D eigenvalue weighted by Crippen LogP contribution is -2.30. The molecule has 0 aliphatic carbocycles. The lowest BCUT2D eigenvalue weighted by Gasteiger charge is -2.18. The van der Waals surface area contributed by atoms with E-state index in [0.29, 0.717) is 19.3 Å². The topological polar surface area (TPSA) is 78.9 Å². The molecule has 0 N–H and O–H groups in total. The van der Waals surface area contributed by atoms with Gasteiger partial charge in [-0.15, -0.1) is 0 Å². The van der Waals surface area contributed by atoms with Crippen LogP contribution in [-0.2, 0) is 28.6 Å². The molecule has 0 saturated carbocycles. The average molecular weight is 960 g/mol. The van der Waals surface area contributed by atoms with Crippen molar-refractivity contribution in [1.82, 2.24) is 0 Å². The molecule has 6 heteroatoms. The van der Waals surface area contributed by atoms with Gasteiger partial charge in [0.25, 0.3) is 0 Å². The molecule has 0 spiro atoms. The number of esters is 3. The molecule has 0 aromatic carbocycles. The Morgan fingerprint density at radius 1 is 0.279 bits per heavy atom. The Balaban J connectivity index is 4.01. The highest BCUT2D eigenvalue weighted by Crippen LogP contribution is 2.18. The Bertz CT molecular complexity index is 1060. The van der Waals surface area contributed by atoms with Gasteiger partial charge in [0.2, 0.25) is 0 Å². The molecule has 402 valence electrons. The molecule has 0 aliphatic heterocycles. The Hall–Kier alpha value is -1.85. The smallest absolute Gasteiger partial charge is 0.306 e. The van der Waals surface area contributed by atoms with E-state index in [-0.39, 0.29) is 31.1 Å². The van der Waals surface area contributed by atoms with Crippen molar-refractivity contribution < 1.29 is 28.6 Å². The van der Waals surface area contributed by atoms with E-state index in [4.69, 9.17) is 14.2 Å². The SMILES string of the molecule is CCCCCCCC/C=C\CCCCCCCC(=O)OC(COC(=O)CCCCCCCCC)COC(=O)CCCCCCCCCCCCCCCCCCCCCCCCCCCCCC. The third-order valence-electron chi connectivity index (χ3n) is 14.0. The summed E-state index contributed by atoms with van der Waals surface area (Å²) in [7, 11) is 0. The third-order valence-corrected chi connectivity index (χ3v) is 14.0. The minimum atomic E-state index is -0.767. The van der Waals surface area contributed by atoms with Gasteiger partial charge in [0.15, 0.2) is 6.10 Å². The number of hydrogen-bond donors (Lipinski definition) is 0. The van der Waals surface area contributed by atoms with Crippen LogP contribution in [0.3, 0.4) is 0 Å². The highest BCUT2D eigenvalue weighted by molar-refractivity contribution is 5.71. The molecular weight excluding hydrogens is 841 g/mol. The van der Waals surface area contributed by atoms with Crippen molar-refractivity contribution in [2.75, 3.05) is 13.2 Å². The predicted molar refractivity (Wildman–Crippen MR) is 293 cm³/mol. The molecule has 0 rings (SSSR count). The van der Waals surface area contributed by atoms with E-state index in [2.05, 4.69) is 32.9 Å². The van der Waals surface area contributed by atoms with Crippen molar-refractivity contribution in [2.24, 2.45) is 0 Å². The minimum absolute atomic E-state index is 0.0683. The Kier molecular flexibility index (Phi) is 56.2. The summed E-state index contributed by atoms with van der Waals surface area (Å²) in [5.74, 6) is -0.862. The van der Waals surface area contributed by atoms with E-state index < -0.39 is 6.10 Å². The molecule has 0 radical (unpaired) electrons. The summed E-state index contributed by atoms with van der Waals surface area (Å²) in [6.45, 7) is 6.64. The molecule has 68 heavy (non-hydrogen) atoms. The first kappa shape index (κ1) is 66.2. The molecule has 0 aromatic heterocycles. The van der Waals surface area contributed by atoms with Crippen molar-refractivity contribution in [3.05, 3.63) is 12.2 Å². The summed E-state index contributed by atoms with van der Waals surface area (Å²) in [6.07, 6.45) is 66.8. The van der Waals surface area contributed by atoms with Gasteiger partial charge in [-0.3, -0.25) is 14.4 Å². The Morgan fingerprint density at radius 3 is 0.735 bits per heavy atom. The Labute approximate surface area is 424 Å². The first-order valence-electron chi connectivity index (χ1n) is 30.7. The number of hydrogen-bond acceptors (Lipinski definition) is 6. The number of carbonyl (C=O) groups is 3. The summed E-state index contributed by atoms with van der Waals surface area (Å²) in [4.78, 5) is 37.9. The largest absolute Gasteiger partial charge is 0.462 e. The van der Waals surface area contributed by atoms with E-state index in [1.165, 1.54) is 244 Å². The summed E-state index contributed by atoms with van der Waals surface area (Å²) < 4.78 is 16.8. The van der Waals surface area contributed by atoms with E-state index in [1.807, 2.05) is 0 Å². The van der Waals surface area contributed by atoms with Crippen LogP contribution in [-0.4, -0.2) is 37.2 Å². The van der Waals surface area contributed by atoms with Gasteiger partial charge in [-0.05, 0) is 44.9 Å². The van der Waals surface area contributed by atoms with E-state index >= 15 is 0 Å². The van der Waals surface area contributed by atoms with Crippen molar-refractivity contribution in [3.8, 4) is 0 Å². The van der Waals surface area contributed by atoms with E-state index in [9.17, 15) is 14.4 Å². The van der Waals surface area contributed by atoms with Crippen molar-refractivity contribution in [3.63, 3.8) is 0 Å². The zero-order valence-corrected chi connectivity index (χ0v) is 46.2. The molecular formula is C62H118O6. The van der Waals surface area contributed by atoms with Crippen molar-refractivity contribution >= 4 is 17.9 Å². The highest BCUT2D eigenvalue weighted by Gasteiger charge is 2.19. The molecule has 0 aromatic rings. The molecule has 0 aliphatic rings. The standard InChI is InChI=1S/C62H118O6/c1-4-7-10-13-16-18-20-22-24-25-26-27-28-29-30-31-32-33-34-35-36-38-39-41-43-46-49-52-55-61(64)67-58-59(57-66-60(63)54-51-48-45-15-12-9-6-3)68-62(65)56-53-50-47-44-42-40-37-23-21-19-17-14-11-8-5-2/h23,37,59H,4-22,24-36,38-58H2,1-3H3/b37-23-. The van der Waals surface area contributed by atoms with Gasteiger partial charge >= 0.3 is 17.9 Å². The van der Waals surface area contributed by atoms with Crippen LogP contribution in [0.4, 0.5) is 0 Å². The average Bonchev–Trinajstić information content (AvgIpc) is 3.34. The van der Waals surface area contributed by atoms with Crippen LogP contribution in [0.5, 0.6) is 0 Å². The molecule has 0 amide bonds. The van der Waals surface area contributed by atoms with Crippen LogP contribution in [0.1, 0.15) is 348 Å². The van der Waals surface area contributed by atoms with Crippen molar-refractivity contribution in [2.45, 2.75) is 354 Å². The summed E-state index contributed by atoms with van der Waals surface area (Å²) >= 11 is 0. The monoisotopic (exact) mass is 959 g/mol. The lowest BCUT2D eigenvalue weighted by molar-refractivity contribution is -0.167. The van der Waals surface area contributed by atoms with E-state index in [0.717, 1.165) is 64.2 Å². The third kappa shape index (κ3) is 55.1. The second-order valence-corrected chi connectivity index (χ2v) is 21.0. The summed E-state index contributed by atoms with van der Waals surface area (Å²) in [5.41, 5.74) is 0. The Morgan fingerprint density at radius 2 is 0.485 bits per heavy atom. The molecule has 0 heterocycles. The number of allylic oxidation sites excluding steroid dienone is 2. The molecule has 1 atom stereocenters. The zero-order chi connectivity index (χ0) is 49.3. The second-order valence-electron chi connectivity index (χ2n) is 21.0. The summed E-state index contributed by atoms with van der Waals surface area (Å²) in [5, 5.41) is 0. The fourth-order valence-corrected chi connectivity index (χ4v) is 9.38. The molecule has 0 bridgehead atoms. The maximum atomic E-state index is 12.8. The van der Waals surface area contributed by atoms with E-state index in [1.54, 1.807) is 0 Å². The van der Waals surface area contributed by atoms with Gasteiger partial charge in [0.05, 0.1) is 0 Å².